The largest absolute Gasteiger partial charge is 0.497 e. The molecule has 0 radical (unpaired) electrons. The summed E-state index contributed by atoms with van der Waals surface area (Å²) in [7, 11) is 2.99. The minimum Gasteiger partial charge on any atom is -0.497 e. The van der Waals surface area contributed by atoms with Crippen molar-refractivity contribution in [3.05, 3.63) is 54.1 Å². The molecule has 4 nitrogen and oxygen atoms in total. The van der Waals surface area contributed by atoms with Crippen molar-refractivity contribution < 1.29 is 19.0 Å². The van der Waals surface area contributed by atoms with Crippen molar-refractivity contribution in [1.29, 1.82) is 0 Å². The van der Waals surface area contributed by atoms with Gasteiger partial charge in [0, 0.05) is 11.6 Å². The zero-order chi connectivity index (χ0) is 16.7. The van der Waals surface area contributed by atoms with Crippen LogP contribution in [0.15, 0.2) is 48.5 Å². The summed E-state index contributed by atoms with van der Waals surface area (Å²) in [5.74, 6) is 1.19. The molecule has 0 fully saturated rings. The molecule has 2 aromatic rings. The van der Waals surface area contributed by atoms with E-state index in [1.807, 2.05) is 49.4 Å². The van der Waals surface area contributed by atoms with Gasteiger partial charge in [-0.1, -0.05) is 24.3 Å². The van der Waals surface area contributed by atoms with Crippen LogP contribution in [0.25, 0.3) is 17.2 Å². The average Bonchev–Trinajstić information content (AvgIpc) is 2.60. The lowest BCUT2D eigenvalue weighted by Crippen LogP contribution is -1.96. The van der Waals surface area contributed by atoms with Crippen molar-refractivity contribution in [2.45, 2.75) is 6.92 Å². The molecule has 0 amide bonds. The molecule has 4 heteroatoms. The normalized spacial score (nSPS) is 10.6. The fourth-order valence-corrected chi connectivity index (χ4v) is 2.16. The number of rotatable bonds is 6. The highest BCUT2D eigenvalue weighted by Crippen LogP contribution is 2.32. The van der Waals surface area contributed by atoms with Gasteiger partial charge in [0.05, 0.1) is 20.8 Å². The van der Waals surface area contributed by atoms with Gasteiger partial charge >= 0.3 is 5.97 Å². The van der Waals surface area contributed by atoms with E-state index >= 15 is 0 Å². The van der Waals surface area contributed by atoms with E-state index in [-0.39, 0.29) is 5.97 Å². The maximum atomic E-state index is 11.2. The van der Waals surface area contributed by atoms with E-state index in [9.17, 15) is 4.79 Å². The molecule has 0 atom stereocenters. The number of esters is 1. The first-order valence-electron chi connectivity index (χ1n) is 7.35. The summed E-state index contributed by atoms with van der Waals surface area (Å²) in [5, 5.41) is 0. The highest BCUT2D eigenvalue weighted by atomic mass is 16.5. The summed E-state index contributed by atoms with van der Waals surface area (Å²) in [4.78, 5) is 11.2. The summed E-state index contributed by atoms with van der Waals surface area (Å²) in [6.45, 7) is 2.50. The summed E-state index contributed by atoms with van der Waals surface area (Å²) in [6, 6.07) is 13.6. The molecule has 0 heterocycles. The van der Waals surface area contributed by atoms with Gasteiger partial charge in [-0.15, -0.1) is 0 Å². The van der Waals surface area contributed by atoms with Crippen molar-refractivity contribution in [2.75, 3.05) is 20.8 Å². The molecule has 0 aliphatic carbocycles. The first-order chi connectivity index (χ1) is 11.2. The SMILES string of the molecule is CCOc1cc(C=CC(=O)OC)ccc1-c1ccc(OC)cc1. The monoisotopic (exact) mass is 312 g/mol. The van der Waals surface area contributed by atoms with E-state index in [1.165, 1.54) is 13.2 Å². The van der Waals surface area contributed by atoms with Gasteiger partial charge in [-0.05, 0) is 42.3 Å². The van der Waals surface area contributed by atoms with Gasteiger partial charge in [0.1, 0.15) is 11.5 Å². The molecule has 0 saturated carbocycles. The summed E-state index contributed by atoms with van der Waals surface area (Å²) < 4.78 is 15.5. The van der Waals surface area contributed by atoms with Crippen LogP contribution in [-0.4, -0.2) is 26.8 Å². The quantitative estimate of drug-likeness (QED) is 0.598. The van der Waals surface area contributed by atoms with Crippen molar-refractivity contribution in [3.8, 4) is 22.6 Å². The second kappa shape index (κ2) is 8.03. The Morgan fingerprint density at radius 3 is 2.43 bits per heavy atom. The minimum absolute atomic E-state index is 0.387. The van der Waals surface area contributed by atoms with Crippen LogP contribution in [0.1, 0.15) is 12.5 Å². The maximum Gasteiger partial charge on any atom is 0.330 e. The molecule has 2 aromatic carbocycles. The first-order valence-corrected chi connectivity index (χ1v) is 7.35. The van der Waals surface area contributed by atoms with Gasteiger partial charge in [-0.3, -0.25) is 0 Å². The highest BCUT2D eigenvalue weighted by molar-refractivity contribution is 5.87. The smallest absolute Gasteiger partial charge is 0.330 e. The molecule has 0 unspecified atom stereocenters. The van der Waals surface area contributed by atoms with E-state index in [2.05, 4.69) is 4.74 Å². The van der Waals surface area contributed by atoms with Gasteiger partial charge in [-0.2, -0.15) is 0 Å². The Morgan fingerprint density at radius 2 is 1.83 bits per heavy atom. The maximum absolute atomic E-state index is 11.2. The van der Waals surface area contributed by atoms with E-state index in [1.54, 1.807) is 13.2 Å². The topological polar surface area (TPSA) is 44.8 Å². The van der Waals surface area contributed by atoms with Crippen LogP contribution in [-0.2, 0) is 9.53 Å². The molecular weight excluding hydrogens is 292 g/mol. The minimum atomic E-state index is -0.387. The van der Waals surface area contributed by atoms with Gasteiger partial charge in [-0.25, -0.2) is 4.79 Å². The predicted molar refractivity (Wildman–Crippen MR) is 90.6 cm³/mol. The predicted octanol–water partition coefficient (Wildman–Crippen LogP) is 3.95. The Labute approximate surface area is 136 Å². The zero-order valence-electron chi connectivity index (χ0n) is 13.5. The molecule has 0 saturated heterocycles. The van der Waals surface area contributed by atoms with E-state index in [0.717, 1.165) is 28.2 Å². The van der Waals surface area contributed by atoms with Gasteiger partial charge in [0.25, 0.3) is 0 Å². The van der Waals surface area contributed by atoms with Crippen molar-refractivity contribution in [1.82, 2.24) is 0 Å². The second-order valence-electron chi connectivity index (χ2n) is 4.77. The molecule has 0 spiro atoms. The number of carbonyl (C=O) groups excluding carboxylic acids is 1. The Balaban J connectivity index is 2.35. The standard InChI is InChI=1S/C19H20O4/c1-4-23-18-13-14(6-12-19(20)22-3)5-11-17(18)15-7-9-16(21-2)10-8-15/h5-13H,4H2,1-3H3. The van der Waals surface area contributed by atoms with Gasteiger partial charge in [0.2, 0.25) is 0 Å². The first kappa shape index (κ1) is 16.6. The van der Waals surface area contributed by atoms with E-state index < -0.39 is 0 Å². The van der Waals surface area contributed by atoms with Crippen molar-refractivity contribution in [3.63, 3.8) is 0 Å². The van der Waals surface area contributed by atoms with Crippen molar-refractivity contribution >= 4 is 12.0 Å². The third-order valence-electron chi connectivity index (χ3n) is 3.32. The Kier molecular flexibility index (Phi) is 5.80. The van der Waals surface area contributed by atoms with E-state index in [4.69, 9.17) is 9.47 Å². The second-order valence-corrected chi connectivity index (χ2v) is 4.77. The molecule has 0 aliphatic heterocycles. The molecule has 0 aliphatic rings. The number of hydrogen-bond donors (Lipinski definition) is 0. The zero-order valence-corrected chi connectivity index (χ0v) is 13.5. The van der Waals surface area contributed by atoms with E-state index in [0.29, 0.717) is 6.61 Å². The molecule has 23 heavy (non-hydrogen) atoms. The number of benzene rings is 2. The van der Waals surface area contributed by atoms with Crippen LogP contribution in [0, 0.1) is 0 Å². The lowest BCUT2D eigenvalue weighted by Gasteiger charge is -2.12. The van der Waals surface area contributed by atoms with Crippen molar-refractivity contribution in [2.24, 2.45) is 0 Å². The molecular formula is C19H20O4. The molecule has 0 aromatic heterocycles. The van der Waals surface area contributed by atoms with Crippen LogP contribution in [0.5, 0.6) is 11.5 Å². The third kappa shape index (κ3) is 4.36. The fraction of sp³-hybridized carbons (Fsp3) is 0.211. The van der Waals surface area contributed by atoms with Gasteiger partial charge < -0.3 is 14.2 Å². The fourth-order valence-electron chi connectivity index (χ4n) is 2.16. The van der Waals surface area contributed by atoms with Crippen LogP contribution in [0.4, 0.5) is 0 Å². The molecule has 120 valence electrons. The highest BCUT2D eigenvalue weighted by Gasteiger charge is 2.07. The Bertz CT molecular complexity index is 687. The number of carbonyl (C=O) groups is 1. The summed E-state index contributed by atoms with van der Waals surface area (Å²) in [5.41, 5.74) is 2.90. The van der Waals surface area contributed by atoms with Crippen LogP contribution in [0.3, 0.4) is 0 Å². The number of methoxy groups -OCH3 is 2. The average molecular weight is 312 g/mol. The van der Waals surface area contributed by atoms with Crippen LogP contribution >= 0.6 is 0 Å². The lowest BCUT2D eigenvalue weighted by atomic mass is 10.0. The third-order valence-corrected chi connectivity index (χ3v) is 3.32. The number of ether oxygens (including phenoxy) is 3. The number of hydrogen-bond acceptors (Lipinski definition) is 4. The Hall–Kier alpha value is -2.75. The molecule has 0 N–H and O–H groups in total. The van der Waals surface area contributed by atoms with Crippen LogP contribution < -0.4 is 9.47 Å². The molecule has 0 bridgehead atoms. The summed E-state index contributed by atoms with van der Waals surface area (Å²) in [6.07, 6.45) is 3.09. The summed E-state index contributed by atoms with van der Waals surface area (Å²) >= 11 is 0. The lowest BCUT2D eigenvalue weighted by molar-refractivity contribution is -0.134. The van der Waals surface area contributed by atoms with Crippen LogP contribution in [0.2, 0.25) is 0 Å². The molecule has 2 rings (SSSR count). The Morgan fingerprint density at radius 1 is 1.09 bits per heavy atom. The van der Waals surface area contributed by atoms with Gasteiger partial charge in [0.15, 0.2) is 0 Å².